The number of nitrogens with zero attached hydrogens (tertiary/aromatic N) is 7. The number of hydrogen-bond acceptors (Lipinski definition) is 8. The van der Waals surface area contributed by atoms with Crippen LogP contribution in [0.1, 0.15) is 11.1 Å². The van der Waals surface area contributed by atoms with Crippen molar-refractivity contribution < 1.29 is 9.53 Å². The van der Waals surface area contributed by atoms with Crippen LogP contribution in [0.2, 0.25) is 0 Å². The highest BCUT2D eigenvalue weighted by Crippen LogP contribution is 2.27. The van der Waals surface area contributed by atoms with Crippen LogP contribution in [-0.4, -0.2) is 103 Å². The Morgan fingerprint density at radius 1 is 1.37 bits per heavy atom. The summed E-state index contributed by atoms with van der Waals surface area (Å²) in [4.78, 5) is 23.2. The lowest BCUT2D eigenvalue weighted by Crippen LogP contribution is -2.58. The van der Waals surface area contributed by atoms with Gasteiger partial charge < -0.3 is 20.3 Å². The van der Waals surface area contributed by atoms with E-state index in [0.29, 0.717) is 22.7 Å². The number of nitriles is 1. The predicted octanol–water partition coefficient (Wildman–Crippen LogP) is 0.845. The fraction of sp³-hybridized carbons (Fsp3) is 0.440. The summed E-state index contributed by atoms with van der Waals surface area (Å²) in [5, 5.41) is 13.5. The number of carbonyl (C=O) groups is 1. The maximum absolute atomic E-state index is 12.1. The number of aromatic nitrogens is 2. The maximum atomic E-state index is 12.1. The van der Waals surface area contributed by atoms with Gasteiger partial charge in [-0.25, -0.2) is 4.52 Å². The van der Waals surface area contributed by atoms with Gasteiger partial charge in [-0.2, -0.15) is 10.4 Å². The number of amides is 1. The van der Waals surface area contributed by atoms with Crippen LogP contribution in [0.5, 0.6) is 5.75 Å². The Morgan fingerprint density at radius 2 is 2.14 bits per heavy atom. The number of fused-ring (bicyclic) bond motifs is 1. The summed E-state index contributed by atoms with van der Waals surface area (Å²) in [6, 6.07) is 4.19. The van der Waals surface area contributed by atoms with E-state index in [4.69, 9.17) is 15.5 Å². The Labute approximate surface area is 205 Å². The summed E-state index contributed by atoms with van der Waals surface area (Å²) in [6.07, 6.45) is 10.2. The molecule has 4 rings (SSSR count). The molecule has 184 valence electrons. The summed E-state index contributed by atoms with van der Waals surface area (Å²) in [6.45, 7) is 5.20. The second-order valence-electron chi connectivity index (χ2n) is 9.31. The Kier molecular flexibility index (Phi) is 7.48. The number of pyridine rings is 1. The number of nitrogens with two attached hydrogens (primary N) is 1. The molecule has 2 saturated heterocycles. The molecule has 0 aliphatic carbocycles. The molecule has 0 radical (unpaired) electrons. The molecule has 0 unspecified atom stereocenters. The zero-order valence-corrected chi connectivity index (χ0v) is 20.5. The van der Waals surface area contributed by atoms with Gasteiger partial charge in [-0.1, -0.05) is 6.08 Å². The second kappa shape index (κ2) is 10.7. The van der Waals surface area contributed by atoms with Crippen molar-refractivity contribution in [3.8, 4) is 11.8 Å². The highest BCUT2D eigenvalue weighted by Gasteiger charge is 2.34. The minimum Gasteiger partial charge on any atom is -0.494 e. The molecule has 4 heterocycles. The highest BCUT2D eigenvalue weighted by atomic mass is 16.5. The molecule has 0 saturated carbocycles. The lowest BCUT2D eigenvalue weighted by Gasteiger charge is -2.45. The third-order valence-electron chi connectivity index (χ3n) is 6.31. The molecule has 0 spiro atoms. The Hall–Kier alpha value is -3.68. The molecule has 0 atom stereocenters. The molecular weight excluding hydrogens is 444 g/mol. The minimum absolute atomic E-state index is 0.101. The van der Waals surface area contributed by atoms with E-state index in [9.17, 15) is 10.1 Å². The normalized spacial score (nSPS) is 17.9. The summed E-state index contributed by atoms with van der Waals surface area (Å²) >= 11 is 0. The molecule has 35 heavy (non-hydrogen) atoms. The smallest absolute Gasteiger partial charge is 0.246 e. The van der Waals surface area contributed by atoms with Gasteiger partial charge in [0.25, 0.3) is 0 Å². The summed E-state index contributed by atoms with van der Waals surface area (Å²) in [5.41, 5.74) is 8.54. The number of hydrogen-bond donors (Lipinski definition) is 1. The molecule has 10 nitrogen and oxygen atoms in total. The first-order valence-electron chi connectivity index (χ1n) is 11.6. The van der Waals surface area contributed by atoms with Gasteiger partial charge in [-0.05, 0) is 20.2 Å². The third-order valence-corrected chi connectivity index (χ3v) is 6.31. The van der Waals surface area contributed by atoms with E-state index in [0.717, 1.165) is 50.4 Å². The summed E-state index contributed by atoms with van der Waals surface area (Å²) in [5.74, 6) is 1.18. The largest absolute Gasteiger partial charge is 0.494 e. The number of allylic oxidation sites excluding steroid dienone is 1. The van der Waals surface area contributed by atoms with Gasteiger partial charge in [0, 0.05) is 81.0 Å². The Morgan fingerprint density at radius 3 is 2.80 bits per heavy atom. The van der Waals surface area contributed by atoms with E-state index in [-0.39, 0.29) is 11.9 Å². The quantitative estimate of drug-likeness (QED) is 0.421. The monoisotopic (exact) mass is 476 g/mol. The number of likely N-dealkylation sites (tertiary alicyclic amines) is 2. The molecule has 2 aliphatic heterocycles. The molecule has 0 aromatic carbocycles. The van der Waals surface area contributed by atoms with Crippen molar-refractivity contribution in [3.05, 3.63) is 47.9 Å². The molecular formula is C25H32N8O2. The molecule has 2 fully saturated rings. The average Bonchev–Trinajstić information content (AvgIpc) is 3.21. The number of likely N-dealkylation sites (N-methyl/N-ethyl adjacent to an activating group) is 1. The molecule has 2 aromatic heterocycles. The molecule has 10 heteroatoms. The van der Waals surface area contributed by atoms with Crippen LogP contribution >= 0.6 is 0 Å². The standard InChI is InChI=1S/C25H32N8O2/c1-30(2)6-4-5-24(34)32-13-18(14-32)12-31-16-22(17-31)28-10-20(8-26)19-7-23(35-3)25-21(9-27)11-29-33(25)15-19/h4-5,7-8,10-11,15,18,22H,6,12-14,16-17,26H2,1-3H3/b5-4+,20-8+,28-10?. The van der Waals surface area contributed by atoms with Crippen molar-refractivity contribution in [3.63, 3.8) is 0 Å². The van der Waals surface area contributed by atoms with Gasteiger partial charge in [0.15, 0.2) is 0 Å². The zero-order chi connectivity index (χ0) is 24.9. The molecule has 0 bridgehead atoms. The van der Waals surface area contributed by atoms with E-state index >= 15 is 0 Å². The van der Waals surface area contributed by atoms with Crippen molar-refractivity contribution in [1.82, 2.24) is 24.3 Å². The number of ether oxygens (including phenoxy) is 1. The highest BCUT2D eigenvalue weighted by molar-refractivity contribution is 6.10. The first-order valence-corrected chi connectivity index (χ1v) is 11.6. The van der Waals surface area contributed by atoms with E-state index in [2.05, 4.69) is 16.1 Å². The van der Waals surface area contributed by atoms with Gasteiger partial charge >= 0.3 is 0 Å². The van der Waals surface area contributed by atoms with Crippen molar-refractivity contribution >= 4 is 23.2 Å². The van der Waals surface area contributed by atoms with Crippen LogP contribution in [-0.2, 0) is 4.79 Å². The van der Waals surface area contributed by atoms with Gasteiger partial charge in [0.1, 0.15) is 22.9 Å². The van der Waals surface area contributed by atoms with Gasteiger partial charge in [-0.15, -0.1) is 0 Å². The number of aliphatic imine (C=N–C) groups is 1. The third kappa shape index (κ3) is 5.53. The zero-order valence-electron chi connectivity index (χ0n) is 20.5. The first-order chi connectivity index (χ1) is 16.9. The van der Waals surface area contributed by atoms with Crippen LogP contribution in [0.4, 0.5) is 0 Å². The maximum Gasteiger partial charge on any atom is 0.246 e. The van der Waals surface area contributed by atoms with Crippen molar-refractivity contribution in [1.29, 1.82) is 5.26 Å². The van der Waals surface area contributed by atoms with Crippen LogP contribution in [0.15, 0.2) is 41.8 Å². The minimum atomic E-state index is 0.101. The Balaban J connectivity index is 1.26. The van der Waals surface area contributed by atoms with Crippen LogP contribution in [0.25, 0.3) is 11.1 Å². The van der Waals surface area contributed by atoms with E-state index in [1.54, 1.807) is 23.9 Å². The van der Waals surface area contributed by atoms with Crippen molar-refractivity contribution in [2.24, 2.45) is 16.6 Å². The number of rotatable bonds is 9. The van der Waals surface area contributed by atoms with Crippen LogP contribution in [0, 0.1) is 17.2 Å². The van der Waals surface area contributed by atoms with Gasteiger partial charge in [0.05, 0.1) is 19.3 Å². The van der Waals surface area contributed by atoms with Crippen LogP contribution < -0.4 is 10.5 Å². The number of methoxy groups -OCH3 is 1. The predicted molar refractivity (Wildman–Crippen MR) is 135 cm³/mol. The molecule has 2 N–H and O–H groups in total. The van der Waals surface area contributed by atoms with Gasteiger partial charge in [0.2, 0.25) is 5.91 Å². The van der Waals surface area contributed by atoms with E-state index in [1.165, 1.54) is 12.4 Å². The fourth-order valence-electron chi connectivity index (χ4n) is 4.37. The average molecular weight is 477 g/mol. The fourth-order valence-corrected chi connectivity index (χ4v) is 4.37. The van der Waals surface area contributed by atoms with Crippen molar-refractivity contribution in [2.45, 2.75) is 6.04 Å². The number of carbonyl (C=O) groups excluding carboxylic acids is 1. The van der Waals surface area contributed by atoms with E-state index in [1.807, 2.05) is 42.2 Å². The van der Waals surface area contributed by atoms with Crippen LogP contribution in [0.3, 0.4) is 0 Å². The molecule has 2 aromatic rings. The lowest BCUT2D eigenvalue weighted by molar-refractivity contribution is -0.132. The molecule has 1 amide bonds. The second-order valence-corrected chi connectivity index (χ2v) is 9.31. The SMILES string of the molecule is COc1cc(/C(C=NC2CN(CC3CN(C(=O)/C=C/CN(C)C)C3)C2)=C/N)cn2ncc(C#N)c12. The topological polar surface area (TPSA) is 115 Å². The first kappa shape index (κ1) is 24.4. The Bertz CT molecular complexity index is 1190. The lowest BCUT2D eigenvalue weighted by atomic mass is 9.97. The summed E-state index contributed by atoms with van der Waals surface area (Å²) < 4.78 is 7.10. The molecule has 2 aliphatic rings. The van der Waals surface area contributed by atoms with Gasteiger partial charge in [-0.3, -0.25) is 14.7 Å². The van der Waals surface area contributed by atoms with Crippen molar-refractivity contribution in [2.75, 3.05) is 60.5 Å². The summed E-state index contributed by atoms with van der Waals surface area (Å²) in [7, 11) is 5.53. The van der Waals surface area contributed by atoms with E-state index < -0.39 is 0 Å².